The molecule has 0 radical (unpaired) electrons. The standard InChI is InChI=1S/C17H23BO2/c1-12-8-6-9-13-10-7-11-14(15(12)13)18-20-17(4,5)16(2,3)19/h6-11,18-19H,1-5H3. The Balaban J connectivity index is 2.32. The Labute approximate surface area is 122 Å². The number of aryl methyl sites for hydroxylation is 1. The van der Waals surface area contributed by atoms with E-state index in [-0.39, 0.29) is 0 Å². The summed E-state index contributed by atoms with van der Waals surface area (Å²) in [5.41, 5.74) is 0.936. The van der Waals surface area contributed by atoms with Crippen molar-refractivity contribution in [3.63, 3.8) is 0 Å². The zero-order chi connectivity index (χ0) is 15.0. The van der Waals surface area contributed by atoms with Crippen LogP contribution in [0, 0.1) is 6.92 Å². The minimum Gasteiger partial charge on any atom is -0.427 e. The van der Waals surface area contributed by atoms with Gasteiger partial charge in [-0.25, -0.2) is 0 Å². The summed E-state index contributed by atoms with van der Waals surface area (Å²) in [6.07, 6.45) is 0. The SMILES string of the molecule is Cc1cccc2cccc(BOC(C)(C)C(C)(C)O)c12. The second kappa shape index (κ2) is 5.23. The summed E-state index contributed by atoms with van der Waals surface area (Å²) in [5.74, 6) is 0. The van der Waals surface area contributed by atoms with Gasteiger partial charge in [-0.05, 0) is 56.4 Å². The smallest absolute Gasteiger partial charge is 0.310 e. The first-order valence-corrected chi connectivity index (χ1v) is 7.06. The summed E-state index contributed by atoms with van der Waals surface area (Å²) in [5, 5.41) is 12.6. The topological polar surface area (TPSA) is 29.5 Å². The van der Waals surface area contributed by atoms with Crippen LogP contribution in [-0.4, -0.2) is 23.8 Å². The quantitative estimate of drug-likeness (QED) is 0.865. The predicted octanol–water partition coefficient (Wildman–Crippen LogP) is 2.69. The van der Waals surface area contributed by atoms with Crippen molar-refractivity contribution in [1.29, 1.82) is 0 Å². The molecule has 2 nitrogen and oxygen atoms in total. The van der Waals surface area contributed by atoms with E-state index in [4.69, 9.17) is 4.65 Å². The molecule has 0 saturated carbocycles. The van der Waals surface area contributed by atoms with Crippen LogP contribution in [0.15, 0.2) is 36.4 Å². The van der Waals surface area contributed by atoms with Crippen molar-refractivity contribution < 1.29 is 9.76 Å². The third-order valence-corrected chi connectivity index (χ3v) is 4.26. The monoisotopic (exact) mass is 270 g/mol. The molecule has 2 rings (SSSR count). The third kappa shape index (κ3) is 2.89. The Hall–Kier alpha value is -1.32. The van der Waals surface area contributed by atoms with Gasteiger partial charge in [0.05, 0.1) is 11.2 Å². The molecule has 0 bridgehead atoms. The highest BCUT2D eigenvalue weighted by atomic mass is 16.5. The summed E-state index contributed by atoms with van der Waals surface area (Å²) < 4.78 is 5.99. The van der Waals surface area contributed by atoms with Gasteiger partial charge in [-0.1, -0.05) is 36.4 Å². The molecule has 0 amide bonds. The van der Waals surface area contributed by atoms with Gasteiger partial charge in [0, 0.05) is 0 Å². The fourth-order valence-electron chi connectivity index (χ4n) is 2.17. The van der Waals surface area contributed by atoms with E-state index < -0.39 is 11.2 Å². The summed E-state index contributed by atoms with van der Waals surface area (Å²) in [7, 11) is 0.499. The zero-order valence-corrected chi connectivity index (χ0v) is 13.0. The number of hydrogen-bond donors (Lipinski definition) is 1. The lowest BCUT2D eigenvalue weighted by Gasteiger charge is -2.37. The molecule has 106 valence electrons. The van der Waals surface area contributed by atoms with Crippen LogP contribution < -0.4 is 5.46 Å². The molecule has 2 aromatic rings. The fourth-order valence-corrected chi connectivity index (χ4v) is 2.17. The van der Waals surface area contributed by atoms with Crippen LogP contribution in [0.25, 0.3) is 10.8 Å². The fraction of sp³-hybridized carbons (Fsp3) is 0.412. The Morgan fingerprint density at radius 3 is 2.20 bits per heavy atom. The first-order valence-electron chi connectivity index (χ1n) is 7.06. The van der Waals surface area contributed by atoms with E-state index in [1.807, 2.05) is 13.8 Å². The average Bonchev–Trinajstić information content (AvgIpc) is 2.35. The Morgan fingerprint density at radius 1 is 1.00 bits per heavy atom. The molecule has 0 atom stereocenters. The second-order valence-electron chi connectivity index (χ2n) is 6.45. The third-order valence-electron chi connectivity index (χ3n) is 4.26. The lowest BCUT2D eigenvalue weighted by atomic mass is 9.79. The number of aliphatic hydroxyl groups is 1. The van der Waals surface area contributed by atoms with Gasteiger partial charge in [-0.2, -0.15) is 0 Å². The van der Waals surface area contributed by atoms with E-state index in [2.05, 4.69) is 43.3 Å². The summed E-state index contributed by atoms with van der Waals surface area (Å²) in [6.45, 7) is 9.52. The van der Waals surface area contributed by atoms with E-state index in [0.29, 0.717) is 7.48 Å². The van der Waals surface area contributed by atoms with Crippen LogP contribution in [0.2, 0.25) is 0 Å². The molecule has 20 heavy (non-hydrogen) atoms. The molecule has 2 aromatic carbocycles. The molecule has 1 N–H and O–H groups in total. The summed E-state index contributed by atoms with van der Waals surface area (Å²) in [4.78, 5) is 0. The van der Waals surface area contributed by atoms with Crippen molar-refractivity contribution in [3.05, 3.63) is 42.0 Å². The van der Waals surface area contributed by atoms with Crippen LogP contribution >= 0.6 is 0 Å². The normalized spacial score (nSPS) is 12.7. The zero-order valence-electron chi connectivity index (χ0n) is 13.0. The maximum absolute atomic E-state index is 10.2. The molecule has 0 aromatic heterocycles. The minimum atomic E-state index is -0.882. The first kappa shape index (κ1) is 15.1. The van der Waals surface area contributed by atoms with Crippen molar-refractivity contribution in [2.24, 2.45) is 0 Å². The average molecular weight is 270 g/mol. The maximum atomic E-state index is 10.2. The van der Waals surface area contributed by atoms with Crippen molar-refractivity contribution in [1.82, 2.24) is 0 Å². The molecular weight excluding hydrogens is 247 g/mol. The molecule has 0 saturated heterocycles. The largest absolute Gasteiger partial charge is 0.427 e. The molecule has 0 unspecified atom stereocenters. The maximum Gasteiger partial charge on any atom is 0.310 e. The van der Waals surface area contributed by atoms with Gasteiger partial charge in [0.1, 0.15) is 0 Å². The van der Waals surface area contributed by atoms with E-state index in [0.717, 1.165) is 5.46 Å². The number of rotatable bonds is 4. The van der Waals surface area contributed by atoms with Crippen molar-refractivity contribution >= 4 is 23.7 Å². The van der Waals surface area contributed by atoms with Gasteiger partial charge in [0.2, 0.25) is 0 Å². The van der Waals surface area contributed by atoms with Gasteiger partial charge in [0.15, 0.2) is 0 Å². The minimum absolute atomic E-state index is 0.499. The van der Waals surface area contributed by atoms with Gasteiger partial charge >= 0.3 is 7.48 Å². The van der Waals surface area contributed by atoms with Gasteiger partial charge in [-0.15, -0.1) is 0 Å². The van der Waals surface area contributed by atoms with Gasteiger partial charge in [0.25, 0.3) is 0 Å². The highest BCUT2D eigenvalue weighted by Crippen LogP contribution is 2.24. The second-order valence-corrected chi connectivity index (χ2v) is 6.45. The van der Waals surface area contributed by atoms with Gasteiger partial charge < -0.3 is 9.76 Å². The van der Waals surface area contributed by atoms with E-state index in [1.54, 1.807) is 13.8 Å². The van der Waals surface area contributed by atoms with Crippen molar-refractivity contribution in [2.75, 3.05) is 0 Å². The van der Waals surface area contributed by atoms with Crippen LogP contribution in [0.3, 0.4) is 0 Å². The molecular formula is C17H23BO2. The molecule has 0 aliphatic heterocycles. The van der Waals surface area contributed by atoms with E-state index >= 15 is 0 Å². The molecule has 0 aliphatic rings. The van der Waals surface area contributed by atoms with E-state index in [9.17, 15) is 5.11 Å². The number of fused-ring (bicyclic) bond motifs is 1. The van der Waals surface area contributed by atoms with Crippen LogP contribution in [0.4, 0.5) is 0 Å². The van der Waals surface area contributed by atoms with E-state index in [1.165, 1.54) is 16.3 Å². The van der Waals surface area contributed by atoms with Crippen LogP contribution in [0.1, 0.15) is 33.3 Å². The van der Waals surface area contributed by atoms with Crippen LogP contribution in [0.5, 0.6) is 0 Å². The molecule has 0 heterocycles. The highest BCUT2D eigenvalue weighted by Gasteiger charge is 2.35. The first-order chi connectivity index (χ1) is 9.22. The molecule has 0 spiro atoms. The predicted molar refractivity (Wildman–Crippen MR) is 86.9 cm³/mol. The van der Waals surface area contributed by atoms with Crippen LogP contribution in [-0.2, 0) is 4.65 Å². The van der Waals surface area contributed by atoms with Crippen molar-refractivity contribution in [2.45, 2.75) is 45.8 Å². The summed E-state index contributed by atoms with van der Waals surface area (Å²) >= 11 is 0. The lowest BCUT2D eigenvalue weighted by molar-refractivity contribution is -0.0893. The van der Waals surface area contributed by atoms with Crippen molar-refractivity contribution in [3.8, 4) is 0 Å². The lowest BCUT2D eigenvalue weighted by Crippen LogP contribution is -2.49. The number of benzene rings is 2. The highest BCUT2D eigenvalue weighted by molar-refractivity contribution is 6.51. The molecule has 0 fully saturated rings. The summed E-state index contributed by atoms with van der Waals surface area (Å²) in [6, 6.07) is 12.6. The Kier molecular flexibility index (Phi) is 3.94. The van der Waals surface area contributed by atoms with Gasteiger partial charge in [-0.3, -0.25) is 0 Å². The molecule has 0 aliphatic carbocycles. The Bertz CT molecular complexity index is 607. The number of hydrogen-bond acceptors (Lipinski definition) is 2. The molecule has 3 heteroatoms. The Morgan fingerprint density at radius 2 is 1.60 bits per heavy atom.